The Morgan fingerprint density at radius 2 is 2.28 bits per heavy atom. The quantitative estimate of drug-likeness (QED) is 0.874. The van der Waals surface area contributed by atoms with Gasteiger partial charge in [-0.15, -0.1) is 0 Å². The van der Waals surface area contributed by atoms with Gasteiger partial charge in [-0.2, -0.15) is 4.98 Å². The Morgan fingerprint density at radius 1 is 1.44 bits per heavy atom. The molecule has 96 valence electrons. The van der Waals surface area contributed by atoms with Crippen LogP contribution in [-0.2, 0) is 6.42 Å². The maximum atomic E-state index is 6.05. The number of nitrogens with zero attached hydrogens (tertiary/aromatic N) is 3. The van der Waals surface area contributed by atoms with Crippen LogP contribution in [0.4, 0.5) is 0 Å². The van der Waals surface area contributed by atoms with Gasteiger partial charge < -0.3 is 10.3 Å². The van der Waals surface area contributed by atoms with Crippen LogP contribution in [0.3, 0.4) is 0 Å². The lowest BCUT2D eigenvalue weighted by molar-refractivity contribution is 0.310. The highest BCUT2D eigenvalue weighted by atomic mass is 16.5. The number of pyridine rings is 1. The summed E-state index contributed by atoms with van der Waals surface area (Å²) in [4.78, 5) is 8.40. The SMILES string of the molecule is CCC(C)C(N)c1nc(Cc2cccnc2)no1. The first kappa shape index (κ1) is 12.7. The van der Waals surface area contributed by atoms with Gasteiger partial charge in [-0.25, -0.2) is 0 Å². The molecule has 0 amide bonds. The molecule has 0 saturated heterocycles. The van der Waals surface area contributed by atoms with Gasteiger partial charge in [0, 0.05) is 18.8 Å². The standard InChI is InChI=1S/C13H18N4O/c1-3-9(2)12(14)13-16-11(17-18-13)7-10-5-4-6-15-8-10/h4-6,8-9,12H,3,7,14H2,1-2H3. The molecular weight excluding hydrogens is 228 g/mol. The summed E-state index contributed by atoms with van der Waals surface area (Å²) >= 11 is 0. The van der Waals surface area contributed by atoms with Gasteiger partial charge >= 0.3 is 0 Å². The third kappa shape index (κ3) is 2.92. The second kappa shape index (κ2) is 5.73. The summed E-state index contributed by atoms with van der Waals surface area (Å²) < 4.78 is 5.22. The minimum atomic E-state index is -0.190. The molecule has 2 rings (SSSR count). The van der Waals surface area contributed by atoms with Gasteiger partial charge in [0.2, 0.25) is 5.89 Å². The van der Waals surface area contributed by atoms with Crippen molar-refractivity contribution in [3.63, 3.8) is 0 Å². The molecule has 18 heavy (non-hydrogen) atoms. The molecule has 2 aromatic heterocycles. The molecule has 0 aliphatic heterocycles. The molecule has 2 N–H and O–H groups in total. The van der Waals surface area contributed by atoms with Crippen molar-refractivity contribution in [2.45, 2.75) is 32.7 Å². The maximum absolute atomic E-state index is 6.05. The van der Waals surface area contributed by atoms with Gasteiger partial charge in [-0.05, 0) is 17.5 Å². The van der Waals surface area contributed by atoms with Crippen molar-refractivity contribution in [1.82, 2.24) is 15.1 Å². The van der Waals surface area contributed by atoms with E-state index in [0.717, 1.165) is 12.0 Å². The van der Waals surface area contributed by atoms with Crippen molar-refractivity contribution in [3.05, 3.63) is 41.8 Å². The minimum Gasteiger partial charge on any atom is -0.338 e. The minimum absolute atomic E-state index is 0.190. The highest BCUT2D eigenvalue weighted by molar-refractivity contribution is 5.13. The fourth-order valence-electron chi connectivity index (χ4n) is 1.66. The van der Waals surface area contributed by atoms with Crippen molar-refractivity contribution < 1.29 is 4.52 Å². The summed E-state index contributed by atoms with van der Waals surface area (Å²) in [7, 11) is 0. The van der Waals surface area contributed by atoms with Gasteiger partial charge in [-0.3, -0.25) is 4.98 Å². The highest BCUT2D eigenvalue weighted by Crippen LogP contribution is 2.20. The molecule has 0 radical (unpaired) electrons. The van der Waals surface area contributed by atoms with E-state index in [1.54, 1.807) is 12.4 Å². The predicted molar refractivity (Wildman–Crippen MR) is 67.7 cm³/mol. The van der Waals surface area contributed by atoms with Crippen LogP contribution in [0.15, 0.2) is 29.0 Å². The van der Waals surface area contributed by atoms with Gasteiger partial charge in [0.1, 0.15) is 0 Å². The largest absolute Gasteiger partial charge is 0.338 e. The first-order valence-corrected chi connectivity index (χ1v) is 6.17. The third-order valence-electron chi connectivity index (χ3n) is 3.11. The Kier molecular flexibility index (Phi) is 4.04. The lowest BCUT2D eigenvalue weighted by Crippen LogP contribution is -2.18. The predicted octanol–water partition coefficient (Wildman–Crippen LogP) is 2.10. The van der Waals surface area contributed by atoms with Crippen LogP contribution in [0.25, 0.3) is 0 Å². The van der Waals surface area contributed by atoms with E-state index in [4.69, 9.17) is 10.3 Å². The van der Waals surface area contributed by atoms with Gasteiger partial charge in [0.15, 0.2) is 5.82 Å². The lowest BCUT2D eigenvalue weighted by Gasteiger charge is -2.12. The molecule has 5 heteroatoms. The molecule has 0 saturated carbocycles. The Labute approximate surface area is 106 Å². The molecule has 2 heterocycles. The number of hydrogen-bond acceptors (Lipinski definition) is 5. The van der Waals surface area contributed by atoms with Crippen LogP contribution in [0.2, 0.25) is 0 Å². The molecule has 2 atom stereocenters. The zero-order chi connectivity index (χ0) is 13.0. The zero-order valence-electron chi connectivity index (χ0n) is 10.7. The van der Waals surface area contributed by atoms with Crippen molar-refractivity contribution in [2.75, 3.05) is 0 Å². The second-order valence-corrected chi connectivity index (χ2v) is 4.50. The molecule has 0 aliphatic carbocycles. The van der Waals surface area contributed by atoms with Crippen molar-refractivity contribution in [3.8, 4) is 0 Å². The monoisotopic (exact) mass is 246 g/mol. The summed E-state index contributed by atoms with van der Waals surface area (Å²) in [6.45, 7) is 4.17. The van der Waals surface area contributed by atoms with Gasteiger partial charge in [-0.1, -0.05) is 31.5 Å². The molecular formula is C13H18N4O. The van der Waals surface area contributed by atoms with Crippen LogP contribution in [0.5, 0.6) is 0 Å². The van der Waals surface area contributed by atoms with E-state index in [-0.39, 0.29) is 6.04 Å². The molecule has 2 unspecified atom stereocenters. The molecule has 0 aliphatic rings. The number of rotatable bonds is 5. The lowest BCUT2D eigenvalue weighted by atomic mass is 10.0. The van der Waals surface area contributed by atoms with Gasteiger partial charge in [0.05, 0.1) is 6.04 Å². The molecule has 0 spiro atoms. The summed E-state index contributed by atoms with van der Waals surface area (Å²) in [6.07, 6.45) is 5.14. The maximum Gasteiger partial charge on any atom is 0.243 e. The van der Waals surface area contributed by atoms with Gasteiger partial charge in [0.25, 0.3) is 0 Å². The summed E-state index contributed by atoms with van der Waals surface area (Å²) in [6, 6.07) is 3.68. The molecule has 0 fully saturated rings. The fraction of sp³-hybridized carbons (Fsp3) is 0.462. The number of aromatic nitrogens is 3. The Balaban J connectivity index is 2.07. The molecule has 5 nitrogen and oxygen atoms in total. The van der Waals surface area contributed by atoms with Crippen molar-refractivity contribution in [2.24, 2.45) is 11.7 Å². The smallest absolute Gasteiger partial charge is 0.243 e. The fourth-order valence-corrected chi connectivity index (χ4v) is 1.66. The van der Waals surface area contributed by atoms with Crippen LogP contribution >= 0.6 is 0 Å². The van der Waals surface area contributed by atoms with E-state index < -0.39 is 0 Å². The summed E-state index contributed by atoms with van der Waals surface area (Å²) in [5.74, 6) is 1.50. The number of nitrogens with two attached hydrogens (primary N) is 1. The average Bonchev–Trinajstić information content (AvgIpc) is 2.86. The Bertz CT molecular complexity index is 483. The van der Waals surface area contributed by atoms with E-state index in [9.17, 15) is 0 Å². The van der Waals surface area contributed by atoms with Crippen LogP contribution in [0, 0.1) is 5.92 Å². The third-order valence-corrected chi connectivity index (χ3v) is 3.11. The van der Waals surface area contributed by atoms with E-state index in [1.807, 2.05) is 12.1 Å². The molecule has 0 bridgehead atoms. The Hall–Kier alpha value is -1.75. The van der Waals surface area contributed by atoms with E-state index in [2.05, 4.69) is 29.0 Å². The number of hydrogen-bond donors (Lipinski definition) is 1. The van der Waals surface area contributed by atoms with Crippen molar-refractivity contribution >= 4 is 0 Å². The Morgan fingerprint density at radius 3 is 2.94 bits per heavy atom. The van der Waals surface area contributed by atoms with E-state index in [1.165, 1.54) is 0 Å². The average molecular weight is 246 g/mol. The van der Waals surface area contributed by atoms with E-state index >= 15 is 0 Å². The summed E-state index contributed by atoms with van der Waals surface area (Å²) in [5.41, 5.74) is 7.10. The van der Waals surface area contributed by atoms with Crippen molar-refractivity contribution in [1.29, 1.82) is 0 Å². The normalized spacial score (nSPS) is 14.4. The summed E-state index contributed by atoms with van der Waals surface area (Å²) in [5, 5.41) is 3.96. The molecule has 2 aromatic rings. The van der Waals surface area contributed by atoms with Crippen LogP contribution < -0.4 is 5.73 Å². The van der Waals surface area contributed by atoms with E-state index in [0.29, 0.717) is 24.1 Å². The first-order chi connectivity index (χ1) is 8.70. The first-order valence-electron chi connectivity index (χ1n) is 6.17. The highest BCUT2D eigenvalue weighted by Gasteiger charge is 2.19. The second-order valence-electron chi connectivity index (χ2n) is 4.50. The topological polar surface area (TPSA) is 77.8 Å². The van der Waals surface area contributed by atoms with Crippen LogP contribution in [-0.4, -0.2) is 15.1 Å². The van der Waals surface area contributed by atoms with Crippen LogP contribution in [0.1, 0.15) is 43.6 Å². The zero-order valence-corrected chi connectivity index (χ0v) is 10.7. The molecule has 0 aromatic carbocycles.